The van der Waals surface area contributed by atoms with Crippen LogP contribution in [0.15, 0.2) is 6.07 Å². The molecule has 0 saturated heterocycles. The second-order valence-electron chi connectivity index (χ2n) is 3.22. The summed E-state index contributed by atoms with van der Waals surface area (Å²) in [6.45, 7) is 3.23. The zero-order valence-electron chi connectivity index (χ0n) is 8.44. The van der Waals surface area contributed by atoms with E-state index in [1.165, 1.54) is 6.07 Å². The van der Waals surface area contributed by atoms with Crippen molar-refractivity contribution in [1.29, 1.82) is 0 Å². The first kappa shape index (κ1) is 11.6. The summed E-state index contributed by atoms with van der Waals surface area (Å²) in [6.07, 6.45) is -2.36. The maximum Gasteiger partial charge on any atom is 0.328 e. The minimum atomic E-state index is -2.67. The number of aromatic nitrogens is 2. The first-order valence-corrected chi connectivity index (χ1v) is 4.54. The van der Waals surface area contributed by atoms with Crippen molar-refractivity contribution in [2.45, 2.75) is 32.7 Å². The highest BCUT2D eigenvalue weighted by atomic mass is 19.3. The zero-order valence-corrected chi connectivity index (χ0v) is 8.44. The second kappa shape index (κ2) is 4.37. The highest BCUT2D eigenvalue weighted by Gasteiger charge is 2.22. The van der Waals surface area contributed by atoms with Crippen molar-refractivity contribution in [1.82, 2.24) is 9.78 Å². The van der Waals surface area contributed by atoms with Gasteiger partial charge in [-0.2, -0.15) is 5.10 Å². The van der Waals surface area contributed by atoms with Crippen LogP contribution in [0.25, 0.3) is 0 Å². The first-order chi connectivity index (χ1) is 6.97. The largest absolute Gasteiger partial charge is 0.480 e. The van der Waals surface area contributed by atoms with Crippen LogP contribution in [0.3, 0.4) is 0 Å². The van der Waals surface area contributed by atoms with E-state index in [1.807, 2.05) is 0 Å². The van der Waals surface area contributed by atoms with Crippen LogP contribution in [0.4, 0.5) is 8.78 Å². The normalized spacial score (nSPS) is 13.1. The Morgan fingerprint density at radius 1 is 1.67 bits per heavy atom. The number of aryl methyl sites for hydroxylation is 1. The van der Waals surface area contributed by atoms with Gasteiger partial charge in [0.1, 0.15) is 11.7 Å². The van der Waals surface area contributed by atoms with Crippen molar-refractivity contribution in [2.24, 2.45) is 0 Å². The molecule has 1 rings (SSSR count). The van der Waals surface area contributed by atoms with Crippen molar-refractivity contribution in [3.63, 3.8) is 0 Å². The predicted octanol–water partition coefficient (Wildman–Crippen LogP) is 2.16. The average Bonchev–Trinajstić information content (AvgIpc) is 2.49. The number of nitrogens with zero attached hydrogens (tertiary/aromatic N) is 2. The smallest absolute Gasteiger partial charge is 0.328 e. The van der Waals surface area contributed by atoms with Gasteiger partial charge in [0.15, 0.2) is 0 Å². The molecule has 6 heteroatoms. The van der Waals surface area contributed by atoms with Gasteiger partial charge < -0.3 is 5.11 Å². The quantitative estimate of drug-likeness (QED) is 0.842. The molecule has 1 atom stereocenters. The summed E-state index contributed by atoms with van der Waals surface area (Å²) in [4.78, 5) is 10.8. The fourth-order valence-electron chi connectivity index (χ4n) is 1.39. The lowest BCUT2D eigenvalue weighted by Gasteiger charge is -2.11. The standard InChI is InChI=1S/C9H12F2N2O2/c1-3-7(9(14)15)13-5(2)4-6(12-13)8(10)11/h4,7-8H,3H2,1-2H3,(H,14,15)/t7-/m0/s1. The number of hydrogen-bond acceptors (Lipinski definition) is 2. The van der Waals surface area contributed by atoms with Gasteiger partial charge in [-0.15, -0.1) is 0 Å². The third-order valence-electron chi connectivity index (χ3n) is 2.13. The van der Waals surface area contributed by atoms with Crippen molar-refractivity contribution < 1.29 is 18.7 Å². The van der Waals surface area contributed by atoms with E-state index in [4.69, 9.17) is 5.11 Å². The van der Waals surface area contributed by atoms with E-state index in [0.717, 1.165) is 4.68 Å². The SMILES string of the molecule is CC[C@@H](C(=O)O)n1nc(C(F)F)cc1C. The number of carbonyl (C=O) groups is 1. The van der Waals surface area contributed by atoms with Gasteiger partial charge in [-0.3, -0.25) is 4.68 Å². The molecule has 0 spiro atoms. The molecule has 0 amide bonds. The molecule has 0 unspecified atom stereocenters. The van der Waals surface area contributed by atoms with Crippen molar-refractivity contribution >= 4 is 5.97 Å². The van der Waals surface area contributed by atoms with E-state index in [9.17, 15) is 13.6 Å². The number of alkyl halides is 2. The van der Waals surface area contributed by atoms with Gasteiger partial charge in [0.05, 0.1) is 0 Å². The number of halogens is 2. The van der Waals surface area contributed by atoms with E-state index < -0.39 is 18.4 Å². The summed E-state index contributed by atoms with van der Waals surface area (Å²) in [6, 6.07) is 0.327. The molecule has 0 aliphatic carbocycles. The summed E-state index contributed by atoms with van der Waals surface area (Å²) >= 11 is 0. The van der Waals surface area contributed by atoms with Gasteiger partial charge in [-0.25, -0.2) is 13.6 Å². The molecular formula is C9H12F2N2O2. The van der Waals surface area contributed by atoms with Gasteiger partial charge >= 0.3 is 5.97 Å². The number of carboxylic acids is 1. The number of rotatable bonds is 4. The fraction of sp³-hybridized carbons (Fsp3) is 0.556. The lowest BCUT2D eigenvalue weighted by Crippen LogP contribution is -2.20. The molecule has 0 aliphatic heterocycles. The Hall–Kier alpha value is -1.46. The van der Waals surface area contributed by atoms with Crippen LogP contribution >= 0.6 is 0 Å². The Morgan fingerprint density at radius 3 is 2.60 bits per heavy atom. The summed E-state index contributed by atoms with van der Waals surface area (Å²) in [5.41, 5.74) is 0.0479. The minimum absolute atomic E-state index is 0.306. The number of carboxylic acid groups (broad SMARTS) is 1. The minimum Gasteiger partial charge on any atom is -0.480 e. The molecule has 0 radical (unpaired) electrons. The Kier molecular flexibility index (Phi) is 3.39. The Morgan fingerprint density at radius 2 is 2.27 bits per heavy atom. The third-order valence-corrected chi connectivity index (χ3v) is 2.13. The molecule has 1 aromatic rings. The fourth-order valence-corrected chi connectivity index (χ4v) is 1.39. The molecule has 1 heterocycles. The highest BCUT2D eigenvalue weighted by Crippen LogP contribution is 2.21. The van der Waals surface area contributed by atoms with E-state index in [2.05, 4.69) is 5.10 Å². The molecule has 0 saturated carbocycles. The zero-order chi connectivity index (χ0) is 11.6. The maximum atomic E-state index is 12.3. The van der Waals surface area contributed by atoms with E-state index in [1.54, 1.807) is 13.8 Å². The third kappa shape index (κ3) is 2.31. The van der Waals surface area contributed by atoms with Crippen LogP contribution in [0.5, 0.6) is 0 Å². The number of hydrogen-bond donors (Lipinski definition) is 1. The molecule has 0 bridgehead atoms. The van der Waals surface area contributed by atoms with Gasteiger partial charge in [0.2, 0.25) is 0 Å². The molecule has 1 N–H and O–H groups in total. The Labute approximate surface area is 85.5 Å². The van der Waals surface area contributed by atoms with Crippen LogP contribution in [0.2, 0.25) is 0 Å². The van der Waals surface area contributed by atoms with Crippen LogP contribution in [-0.4, -0.2) is 20.9 Å². The first-order valence-electron chi connectivity index (χ1n) is 4.54. The molecule has 0 aliphatic rings. The molecular weight excluding hydrogens is 206 g/mol. The van der Waals surface area contributed by atoms with Crippen molar-refractivity contribution in [3.8, 4) is 0 Å². The lowest BCUT2D eigenvalue weighted by atomic mass is 10.2. The molecule has 15 heavy (non-hydrogen) atoms. The van der Waals surface area contributed by atoms with Gasteiger partial charge in [0, 0.05) is 5.69 Å². The predicted molar refractivity (Wildman–Crippen MR) is 48.9 cm³/mol. The van der Waals surface area contributed by atoms with E-state index >= 15 is 0 Å². The van der Waals surface area contributed by atoms with Gasteiger partial charge in [-0.1, -0.05) is 6.92 Å². The summed E-state index contributed by atoms with van der Waals surface area (Å²) < 4.78 is 25.7. The highest BCUT2D eigenvalue weighted by molar-refractivity contribution is 5.71. The van der Waals surface area contributed by atoms with Crippen LogP contribution in [-0.2, 0) is 4.79 Å². The van der Waals surface area contributed by atoms with E-state index in [0.29, 0.717) is 12.1 Å². The molecule has 0 aromatic carbocycles. The Bertz CT molecular complexity index is 363. The van der Waals surface area contributed by atoms with Crippen LogP contribution < -0.4 is 0 Å². The van der Waals surface area contributed by atoms with E-state index in [-0.39, 0.29) is 5.69 Å². The topological polar surface area (TPSA) is 55.1 Å². The molecule has 0 fully saturated rings. The summed E-state index contributed by atoms with van der Waals surface area (Å²) in [5, 5.41) is 12.4. The summed E-state index contributed by atoms with van der Waals surface area (Å²) in [7, 11) is 0. The van der Waals surface area contributed by atoms with Crippen molar-refractivity contribution in [3.05, 3.63) is 17.5 Å². The van der Waals surface area contributed by atoms with Gasteiger partial charge in [-0.05, 0) is 19.4 Å². The van der Waals surface area contributed by atoms with Crippen LogP contribution in [0, 0.1) is 6.92 Å². The monoisotopic (exact) mass is 218 g/mol. The number of aliphatic carboxylic acids is 1. The second-order valence-corrected chi connectivity index (χ2v) is 3.22. The van der Waals surface area contributed by atoms with Gasteiger partial charge in [0.25, 0.3) is 6.43 Å². The summed E-state index contributed by atoms with van der Waals surface area (Å²) in [5.74, 6) is -1.07. The molecule has 1 aromatic heterocycles. The van der Waals surface area contributed by atoms with Crippen molar-refractivity contribution in [2.75, 3.05) is 0 Å². The maximum absolute atomic E-state index is 12.3. The average molecular weight is 218 g/mol. The molecule has 84 valence electrons. The Balaban J connectivity index is 3.07. The van der Waals surface area contributed by atoms with Crippen LogP contribution in [0.1, 0.15) is 37.2 Å². The lowest BCUT2D eigenvalue weighted by molar-refractivity contribution is -0.141. The molecule has 4 nitrogen and oxygen atoms in total.